The molecule has 0 N–H and O–H groups in total. The summed E-state index contributed by atoms with van der Waals surface area (Å²) in [5, 5.41) is 5.28. The fourth-order valence-corrected chi connectivity index (χ4v) is 3.83. The number of rotatable bonds is 4. The molecule has 1 unspecified atom stereocenters. The summed E-state index contributed by atoms with van der Waals surface area (Å²) in [5.74, 6) is 0. The van der Waals surface area contributed by atoms with Crippen LogP contribution in [0.1, 0.15) is 18.1 Å². The second-order valence-corrected chi connectivity index (χ2v) is 6.67. The minimum absolute atomic E-state index is 0.114. The SMILES string of the molecule is c1ccc([Se]CC2=NOC(c3ccccc3)C2)cc1. The molecule has 96 valence electrons. The van der Waals surface area contributed by atoms with E-state index in [1.807, 2.05) is 18.2 Å². The Morgan fingerprint density at radius 1 is 1.00 bits per heavy atom. The molecule has 0 aromatic heterocycles. The Balaban J connectivity index is 1.55. The summed E-state index contributed by atoms with van der Waals surface area (Å²) in [6.45, 7) is 0. The van der Waals surface area contributed by atoms with Gasteiger partial charge in [-0.25, -0.2) is 0 Å². The summed E-state index contributed by atoms with van der Waals surface area (Å²) in [5.41, 5.74) is 2.41. The van der Waals surface area contributed by atoms with Crippen molar-refractivity contribution in [2.75, 3.05) is 0 Å². The Morgan fingerprint density at radius 2 is 1.68 bits per heavy atom. The van der Waals surface area contributed by atoms with Crippen molar-refractivity contribution in [1.29, 1.82) is 0 Å². The summed E-state index contributed by atoms with van der Waals surface area (Å²) in [6, 6.07) is 20.9. The monoisotopic (exact) mass is 317 g/mol. The zero-order valence-electron chi connectivity index (χ0n) is 10.5. The zero-order valence-corrected chi connectivity index (χ0v) is 12.2. The van der Waals surface area contributed by atoms with Crippen LogP contribution in [-0.4, -0.2) is 20.7 Å². The molecule has 0 spiro atoms. The van der Waals surface area contributed by atoms with E-state index in [2.05, 4.69) is 47.6 Å². The molecule has 2 nitrogen and oxygen atoms in total. The van der Waals surface area contributed by atoms with Crippen LogP contribution in [0.15, 0.2) is 65.8 Å². The van der Waals surface area contributed by atoms with Gasteiger partial charge in [0.15, 0.2) is 0 Å². The molecule has 0 aliphatic carbocycles. The standard InChI is InChI=1S/C16H15NOSe/c1-3-7-13(8-4-1)16-11-14(17-18-16)12-19-15-9-5-2-6-10-15/h1-10,16H,11-12H2. The van der Waals surface area contributed by atoms with Gasteiger partial charge in [-0.05, 0) is 0 Å². The molecule has 1 aliphatic rings. The second-order valence-electron chi connectivity index (χ2n) is 4.47. The van der Waals surface area contributed by atoms with Crippen LogP contribution in [-0.2, 0) is 4.84 Å². The van der Waals surface area contributed by atoms with E-state index in [-0.39, 0.29) is 6.10 Å². The molecule has 0 bridgehead atoms. The minimum atomic E-state index is 0.114. The predicted octanol–water partition coefficient (Wildman–Crippen LogP) is 2.95. The molecule has 0 radical (unpaired) electrons. The van der Waals surface area contributed by atoms with Crippen LogP contribution in [0.4, 0.5) is 0 Å². The Morgan fingerprint density at radius 3 is 2.42 bits per heavy atom. The van der Waals surface area contributed by atoms with Crippen molar-refractivity contribution in [2.45, 2.75) is 17.8 Å². The molecule has 1 atom stereocenters. The summed E-state index contributed by atoms with van der Waals surface area (Å²) in [6.07, 6.45) is 1.04. The number of hydrogen-bond donors (Lipinski definition) is 0. The molecule has 19 heavy (non-hydrogen) atoms. The van der Waals surface area contributed by atoms with E-state index in [4.69, 9.17) is 4.84 Å². The summed E-state index contributed by atoms with van der Waals surface area (Å²) in [4.78, 5) is 5.54. The first-order valence-electron chi connectivity index (χ1n) is 6.36. The zero-order chi connectivity index (χ0) is 12.9. The van der Waals surface area contributed by atoms with Crippen LogP contribution in [0.2, 0.25) is 5.32 Å². The molecule has 1 aliphatic heterocycles. The van der Waals surface area contributed by atoms with Gasteiger partial charge in [0.2, 0.25) is 0 Å². The summed E-state index contributed by atoms with van der Waals surface area (Å²) in [7, 11) is 0. The Bertz CT molecular complexity index is 553. The van der Waals surface area contributed by atoms with Crippen LogP contribution in [0.25, 0.3) is 0 Å². The van der Waals surface area contributed by atoms with Crippen LogP contribution >= 0.6 is 0 Å². The normalized spacial score (nSPS) is 17.9. The van der Waals surface area contributed by atoms with E-state index < -0.39 is 0 Å². The molecule has 0 saturated carbocycles. The third kappa shape index (κ3) is 3.25. The molecule has 0 saturated heterocycles. The van der Waals surface area contributed by atoms with E-state index in [0.717, 1.165) is 11.7 Å². The molecule has 1 heterocycles. The molecular weight excluding hydrogens is 301 g/mol. The van der Waals surface area contributed by atoms with E-state index in [9.17, 15) is 0 Å². The summed E-state index contributed by atoms with van der Waals surface area (Å²) >= 11 is 0.453. The number of hydrogen-bond acceptors (Lipinski definition) is 2. The predicted molar refractivity (Wildman–Crippen MR) is 79.0 cm³/mol. The molecule has 3 rings (SSSR count). The fraction of sp³-hybridized carbons (Fsp3) is 0.188. The van der Waals surface area contributed by atoms with Crippen molar-refractivity contribution < 1.29 is 4.84 Å². The maximum absolute atomic E-state index is 5.54. The van der Waals surface area contributed by atoms with Gasteiger partial charge in [0, 0.05) is 0 Å². The molecule has 0 amide bonds. The van der Waals surface area contributed by atoms with Gasteiger partial charge in [-0.2, -0.15) is 0 Å². The number of benzene rings is 2. The van der Waals surface area contributed by atoms with E-state index >= 15 is 0 Å². The fourth-order valence-electron chi connectivity index (χ4n) is 2.04. The van der Waals surface area contributed by atoms with Gasteiger partial charge in [0.1, 0.15) is 0 Å². The average Bonchev–Trinajstić information content (AvgIpc) is 2.96. The Labute approximate surface area is 119 Å². The quantitative estimate of drug-likeness (QED) is 0.795. The van der Waals surface area contributed by atoms with Crippen LogP contribution in [0, 0.1) is 0 Å². The number of nitrogens with zero attached hydrogens (tertiary/aromatic N) is 1. The van der Waals surface area contributed by atoms with Crippen LogP contribution in [0.5, 0.6) is 0 Å². The van der Waals surface area contributed by atoms with E-state index in [0.29, 0.717) is 15.0 Å². The first-order valence-corrected chi connectivity index (χ1v) is 8.43. The Kier molecular flexibility index (Phi) is 3.97. The van der Waals surface area contributed by atoms with E-state index in [1.165, 1.54) is 15.7 Å². The first kappa shape index (κ1) is 12.5. The molecular formula is C16H15NOSe. The average molecular weight is 316 g/mol. The topological polar surface area (TPSA) is 21.6 Å². The van der Waals surface area contributed by atoms with Crippen molar-refractivity contribution in [2.24, 2.45) is 5.16 Å². The summed E-state index contributed by atoms with van der Waals surface area (Å²) < 4.78 is 1.42. The van der Waals surface area contributed by atoms with Gasteiger partial charge in [-0.15, -0.1) is 0 Å². The van der Waals surface area contributed by atoms with Crippen molar-refractivity contribution in [3.05, 3.63) is 66.2 Å². The van der Waals surface area contributed by atoms with Gasteiger partial charge >= 0.3 is 119 Å². The Hall–Kier alpha value is -1.57. The molecule has 0 fully saturated rings. The van der Waals surface area contributed by atoms with Crippen molar-refractivity contribution in [3.63, 3.8) is 0 Å². The van der Waals surface area contributed by atoms with Gasteiger partial charge in [0.05, 0.1) is 0 Å². The second kappa shape index (κ2) is 6.05. The third-order valence-electron chi connectivity index (χ3n) is 3.05. The van der Waals surface area contributed by atoms with Gasteiger partial charge in [-0.3, -0.25) is 0 Å². The first-order chi connectivity index (χ1) is 9.42. The van der Waals surface area contributed by atoms with Crippen molar-refractivity contribution >= 4 is 25.1 Å². The van der Waals surface area contributed by atoms with Gasteiger partial charge < -0.3 is 0 Å². The van der Waals surface area contributed by atoms with Gasteiger partial charge in [-0.1, -0.05) is 0 Å². The van der Waals surface area contributed by atoms with Crippen LogP contribution in [0.3, 0.4) is 0 Å². The number of oxime groups is 1. The molecule has 3 heteroatoms. The van der Waals surface area contributed by atoms with Crippen LogP contribution < -0.4 is 4.46 Å². The van der Waals surface area contributed by atoms with Crippen molar-refractivity contribution in [3.8, 4) is 0 Å². The van der Waals surface area contributed by atoms with Crippen molar-refractivity contribution in [1.82, 2.24) is 0 Å². The van der Waals surface area contributed by atoms with Gasteiger partial charge in [0.25, 0.3) is 0 Å². The molecule has 2 aromatic rings. The van der Waals surface area contributed by atoms with E-state index in [1.54, 1.807) is 0 Å². The third-order valence-corrected chi connectivity index (χ3v) is 5.32. The maximum atomic E-state index is 5.54. The molecule has 2 aromatic carbocycles.